The Kier molecular flexibility index (Phi) is 9.21. The molecule has 2 aromatic heterocycles. The van der Waals surface area contributed by atoms with Gasteiger partial charge in [0.25, 0.3) is 17.4 Å². The van der Waals surface area contributed by atoms with Crippen molar-refractivity contribution < 1.29 is 14.7 Å². The van der Waals surface area contributed by atoms with Gasteiger partial charge in [-0.2, -0.15) is 0 Å². The van der Waals surface area contributed by atoms with Gasteiger partial charge in [-0.3, -0.25) is 14.4 Å². The summed E-state index contributed by atoms with van der Waals surface area (Å²) in [6, 6.07) is 15.7. The molecule has 0 atom stereocenters. The van der Waals surface area contributed by atoms with Crippen molar-refractivity contribution in [2.24, 2.45) is 0 Å². The summed E-state index contributed by atoms with van der Waals surface area (Å²) >= 11 is 11.9. The molecule has 4 rings (SSSR count). The molecular weight excluding hydrogens is 553 g/mol. The zero-order valence-corrected chi connectivity index (χ0v) is 23.3. The summed E-state index contributed by atoms with van der Waals surface area (Å²) in [6.07, 6.45) is 3.97. The Bertz CT molecular complexity index is 1590. The van der Waals surface area contributed by atoms with Gasteiger partial charge in [0.2, 0.25) is 0 Å². The van der Waals surface area contributed by atoms with Gasteiger partial charge in [0.05, 0.1) is 16.3 Å². The number of anilines is 2. The van der Waals surface area contributed by atoms with Crippen LogP contribution in [0.1, 0.15) is 27.1 Å². The van der Waals surface area contributed by atoms with Crippen LogP contribution in [0.25, 0.3) is 11.1 Å². The number of pyridine rings is 2. The molecule has 4 aromatic rings. The molecule has 2 aromatic carbocycles. The number of aryl methyl sites for hydroxylation is 1. The first-order chi connectivity index (χ1) is 19.1. The van der Waals surface area contributed by atoms with Crippen LogP contribution in [0.15, 0.2) is 77.9 Å². The second-order valence-electron chi connectivity index (χ2n) is 9.27. The van der Waals surface area contributed by atoms with Crippen LogP contribution >= 0.6 is 23.2 Å². The molecule has 0 saturated carbocycles. The summed E-state index contributed by atoms with van der Waals surface area (Å²) in [6.45, 7) is 1.46. The molecule has 9 nitrogen and oxygen atoms in total. The molecule has 3 N–H and O–H groups in total. The Labute approximate surface area is 241 Å². The fourth-order valence-electron chi connectivity index (χ4n) is 4.01. The zero-order chi connectivity index (χ0) is 28.8. The molecule has 2 heterocycles. The third-order valence-corrected chi connectivity index (χ3v) is 6.46. The Morgan fingerprint density at radius 1 is 0.975 bits per heavy atom. The standard InChI is InChI=1S/C29H27Cl2N5O4/c1-35(2)12-4-14-36-13-3-5-22(29(36)40)18-6-8-19(9-7-18)27(38)34-26-23(15-21(31)16-24(26)37)28(39)33-25-11-10-20(30)17-32-25/h3,5-11,13,15-17,37H,4,12,14H2,1-2H3,(H,34,38)(H,32,33,39). The van der Waals surface area contributed by atoms with Gasteiger partial charge < -0.3 is 25.2 Å². The maximum Gasteiger partial charge on any atom is 0.259 e. The number of halogens is 2. The third kappa shape index (κ3) is 7.06. The Morgan fingerprint density at radius 3 is 2.40 bits per heavy atom. The van der Waals surface area contributed by atoms with Crippen molar-refractivity contribution >= 4 is 46.5 Å². The lowest BCUT2D eigenvalue weighted by Gasteiger charge is -2.14. The molecule has 0 spiro atoms. The van der Waals surface area contributed by atoms with Gasteiger partial charge >= 0.3 is 0 Å². The van der Waals surface area contributed by atoms with Crippen molar-refractivity contribution in [3.05, 3.63) is 105 Å². The van der Waals surface area contributed by atoms with E-state index in [1.54, 1.807) is 47.2 Å². The highest BCUT2D eigenvalue weighted by atomic mass is 35.5. The first-order valence-electron chi connectivity index (χ1n) is 12.3. The lowest BCUT2D eigenvalue weighted by atomic mass is 10.0. The van der Waals surface area contributed by atoms with Gasteiger partial charge in [0.15, 0.2) is 0 Å². The van der Waals surface area contributed by atoms with E-state index in [0.29, 0.717) is 22.7 Å². The van der Waals surface area contributed by atoms with E-state index < -0.39 is 11.8 Å². The van der Waals surface area contributed by atoms with Crippen molar-refractivity contribution in [3.8, 4) is 16.9 Å². The summed E-state index contributed by atoms with van der Waals surface area (Å²) in [5.74, 6) is -1.38. The van der Waals surface area contributed by atoms with Crippen molar-refractivity contribution in [1.29, 1.82) is 0 Å². The molecule has 11 heteroatoms. The van der Waals surface area contributed by atoms with Crippen LogP contribution in [0.4, 0.5) is 11.5 Å². The minimum Gasteiger partial charge on any atom is -0.506 e. The third-order valence-electron chi connectivity index (χ3n) is 6.02. The normalized spacial score (nSPS) is 10.9. The molecule has 206 valence electrons. The molecule has 0 radical (unpaired) electrons. The number of carbonyl (C=O) groups excluding carboxylic acids is 2. The number of hydrogen-bond acceptors (Lipinski definition) is 6. The monoisotopic (exact) mass is 579 g/mol. The van der Waals surface area contributed by atoms with Crippen LogP contribution in [-0.2, 0) is 6.54 Å². The molecule has 0 fully saturated rings. The van der Waals surface area contributed by atoms with E-state index in [4.69, 9.17) is 23.2 Å². The number of nitrogens with zero attached hydrogens (tertiary/aromatic N) is 3. The first kappa shape index (κ1) is 28.8. The number of rotatable bonds is 9. The van der Waals surface area contributed by atoms with E-state index in [-0.39, 0.29) is 39.0 Å². The van der Waals surface area contributed by atoms with Gasteiger partial charge in [0, 0.05) is 41.2 Å². The topological polar surface area (TPSA) is 117 Å². The quantitative estimate of drug-likeness (QED) is 0.229. The molecule has 0 aliphatic heterocycles. The minimum atomic E-state index is -0.649. The van der Waals surface area contributed by atoms with Crippen molar-refractivity contribution in [3.63, 3.8) is 0 Å². The van der Waals surface area contributed by atoms with Crippen molar-refractivity contribution in [1.82, 2.24) is 14.5 Å². The second kappa shape index (κ2) is 12.8. The van der Waals surface area contributed by atoms with Gasteiger partial charge in [-0.15, -0.1) is 0 Å². The number of phenolic OH excluding ortho intramolecular Hbond substituents is 1. The van der Waals surface area contributed by atoms with Gasteiger partial charge in [-0.1, -0.05) is 35.3 Å². The zero-order valence-electron chi connectivity index (χ0n) is 21.8. The Balaban J connectivity index is 1.53. The lowest BCUT2D eigenvalue weighted by molar-refractivity contribution is 0.102. The van der Waals surface area contributed by atoms with Gasteiger partial charge in [0.1, 0.15) is 11.6 Å². The number of carbonyl (C=O) groups is 2. The number of hydrogen-bond donors (Lipinski definition) is 3. The highest BCUT2D eigenvalue weighted by molar-refractivity contribution is 6.32. The molecular formula is C29H27Cl2N5O4. The first-order valence-corrected chi connectivity index (χ1v) is 13.1. The van der Waals surface area contributed by atoms with Crippen LogP contribution in [0, 0.1) is 0 Å². The molecule has 40 heavy (non-hydrogen) atoms. The summed E-state index contributed by atoms with van der Waals surface area (Å²) in [5.41, 5.74) is 1.14. The molecule has 0 aliphatic carbocycles. The van der Waals surface area contributed by atoms with Crippen LogP contribution in [-0.4, -0.2) is 52.0 Å². The van der Waals surface area contributed by atoms with Crippen LogP contribution in [0.5, 0.6) is 5.75 Å². The van der Waals surface area contributed by atoms with E-state index in [1.807, 2.05) is 20.2 Å². The average molecular weight is 580 g/mol. The van der Waals surface area contributed by atoms with Crippen LogP contribution in [0.3, 0.4) is 0 Å². The van der Waals surface area contributed by atoms with E-state index in [2.05, 4.69) is 20.5 Å². The number of benzene rings is 2. The summed E-state index contributed by atoms with van der Waals surface area (Å²) in [4.78, 5) is 45.1. The Morgan fingerprint density at radius 2 is 1.73 bits per heavy atom. The van der Waals surface area contributed by atoms with E-state index >= 15 is 0 Å². The predicted molar refractivity (Wildman–Crippen MR) is 158 cm³/mol. The molecule has 0 aliphatic rings. The van der Waals surface area contributed by atoms with Crippen molar-refractivity contribution in [2.45, 2.75) is 13.0 Å². The number of aromatic nitrogens is 2. The number of aromatic hydroxyl groups is 1. The number of amides is 2. The maximum atomic E-state index is 13.1. The smallest absolute Gasteiger partial charge is 0.259 e. The summed E-state index contributed by atoms with van der Waals surface area (Å²) in [5, 5.41) is 16.2. The largest absolute Gasteiger partial charge is 0.506 e. The average Bonchev–Trinajstić information content (AvgIpc) is 2.92. The molecule has 0 unspecified atom stereocenters. The lowest BCUT2D eigenvalue weighted by Crippen LogP contribution is -2.23. The van der Waals surface area contributed by atoms with Gasteiger partial charge in [-0.05, 0) is 75.1 Å². The minimum absolute atomic E-state index is 0.0641. The number of nitrogens with one attached hydrogen (secondary N) is 2. The maximum absolute atomic E-state index is 13.1. The Hall–Kier alpha value is -4.18. The van der Waals surface area contributed by atoms with E-state index in [0.717, 1.165) is 13.0 Å². The van der Waals surface area contributed by atoms with Crippen LogP contribution < -0.4 is 16.2 Å². The molecule has 0 saturated heterocycles. The van der Waals surface area contributed by atoms with Crippen molar-refractivity contribution in [2.75, 3.05) is 31.3 Å². The highest BCUT2D eigenvalue weighted by Gasteiger charge is 2.20. The molecule has 2 amide bonds. The van der Waals surface area contributed by atoms with Crippen LogP contribution in [0.2, 0.25) is 10.0 Å². The van der Waals surface area contributed by atoms with E-state index in [1.165, 1.54) is 24.4 Å². The SMILES string of the molecule is CN(C)CCCn1cccc(-c2ccc(C(=O)Nc3c(O)cc(Cl)cc3C(=O)Nc3ccc(Cl)cn3)cc2)c1=O. The summed E-state index contributed by atoms with van der Waals surface area (Å²) in [7, 11) is 3.97. The second-order valence-corrected chi connectivity index (χ2v) is 10.1. The predicted octanol–water partition coefficient (Wildman–Crippen LogP) is 5.38. The fraction of sp³-hybridized carbons (Fsp3) is 0.172. The highest BCUT2D eigenvalue weighted by Crippen LogP contribution is 2.32. The fourth-order valence-corrected chi connectivity index (χ4v) is 4.34. The van der Waals surface area contributed by atoms with Gasteiger partial charge in [-0.25, -0.2) is 4.98 Å². The summed E-state index contributed by atoms with van der Waals surface area (Å²) < 4.78 is 1.68. The van der Waals surface area contributed by atoms with E-state index in [9.17, 15) is 19.5 Å². The molecule has 0 bridgehead atoms. The number of phenols is 1.